The fourth-order valence-electron chi connectivity index (χ4n) is 1.97. The first kappa shape index (κ1) is 14.3. The molecule has 3 N–H and O–H groups in total. The van der Waals surface area contributed by atoms with Crippen LogP contribution >= 0.6 is 15.9 Å². The van der Waals surface area contributed by atoms with Gasteiger partial charge in [0.05, 0.1) is 16.2 Å². The number of aromatic nitrogens is 1. The minimum absolute atomic E-state index is 0.0289. The lowest BCUT2D eigenvalue weighted by Crippen LogP contribution is -1.94. The SMILES string of the molecule is Oc1cc(O)c(/C=N/Nc2ccc3ccccc3n2)cc1Br. The largest absolute Gasteiger partial charge is 0.507 e. The zero-order chi connectivity index (χ0) is 15.5. The molecule has 0 radical (unpaired) electrons. The van der Waals surface area contributed by atoms with E-state index in [0.717, 1.165) is 10.9 Å². The molecule has 1 heterocycles. The van der Waals surface area contributed by atoms with E-state index in [4.69, 9.17) is 0 Å². The molecule has 0 saturated carbocycles. The number of phenols is 2. The van der Waals surface area contributed by atoms with E-state index in [2.05, 4.69) is 31.4 Å². The summed E-state index contributed by atoms with van der Waals surface area (Å²) in [7, 11) is 0. The first-order valence-corrected chi connectivity index (χ1v) is 7.29. The Morgan fingerprint density at radius 2 is 1.86 bits per heavy atom. The molecule has 0 fully saturated rings. The molecular weight excluding hydrogens is 346 g/mol. The van der Waals surface area contributed by atoms with Gasteiger partial charge in [-0.05, 0) is 40.2 Å². The number of nitrogens with zero attached hydrogens (tertiary/aromatic N) is 2. The second kappa shape index (κ2) is 6.03. The van der Waals surface area contributed by atoms with Crippen LogP contribution in [0, 0.1) is 0 Å². The van der Waals surface area contributed by atoms with Gasteiger partial charge in [0, 0.05) is 17.0 Å². The molecule has 0 saturated heterocycles. The summed E-state index contributed by atoms with van der Waals surface area (Å²) in [5, 5.41) is 24.3. The van der Waals surface area contributed by atoms with E-state index in [0.29, 0.717) is 15.9 Å². The van der Waals surface area contributed by atoms with Crippen molar-refractivity contribution in [1.82, 2.24) is 4.98 Å². The van der Waals surface area contributed by atoms with Gasteiger partial charge in [-0.25, -0.2) is 4.98 Å². The van der Waals surface area contributed by atoms with Crippen molar-refractivity contribution >= 4 is 38.9 Å². The van der Waals surface area contributed by atoms with Crippen LogP contribution in [0.2, 0.25) is 0 Å². The smallest absolute Gasteiger partial charge is 0.146 e. The van der Waals surface area contributed by atoms with Crippen molar-refractivity contribution < 1.29 is 10.2 Å². The number of phenolic OH excluding ortho intramolecular Hbond substituents is 2. The molecule has 5 nitrogen and oxygen atoms in total. The van der Waals surface area contributed by atoms with Gasteiger partial charge in [0.25, 0.3) is 0 Å². The number of hydrogen-bond donors (Lipinski definition) is 3. The van der Waals surface area contributed by atoms with Gasteiger partial charge in [-0.1, -0.05) is 18.2 Å². The topological polar surface area (TPSA) is 77.7 Å². The van der Waals surface area contributed by atoms with Crippen LogP contribution in [-0.2, 0) is 0 Å². The molecule has 2 aromatic carbocycles. The zero-order valence-corrected chi connectivity index (χ0v) is 12.9. The van der Waals surface area contributed by atoms with Crippen LogP contribution < -0.4 is 5.43 Å². The summed E-state index contributed by atoms with van der Waals surface area (Å²) in [6, 6.07) is 14.4. The Kier molecular flexibility index (Phi) is 3.93. The average molecular weight is 358 g/mol. The number of rotatable bonds is 3. The second-order valence-corrected chi connectivity index (χ2v) is 5.48. The van der Waals surface area contributed by atoms with E-state index in [-0.39, 0.29) is 11.5 Å². The summed E-state index contributed by atoms with van der Waals surface area (Å²) in [5.74, 6) is 0.517. The molecule has 0 aliphatic heterocycles. The van der Waals surface area contributed by atoms with Crippen LogP contribution in [0.3, 0.4) is 0 Å². The van der Waals surface area contributed by atoms with Crippen LogP contribution in [0.1, 0.15) is 5.56 Å². The molecule has 22 heavy (non-hydrogen) atoms. The monoisotopic (exact) mass is 357 g/mol. The predicted octanol–water partition coefficient (Wildman–Crippen LogP) is 3.85. The summed E-state index contributed by atoms with van der Waals surface area (Å²) in [6.07, 6.45) is 1.45. The van der Waals surface area contributed by atoms with Crippen LogP contribution in [0.4, 0.5) is 5.82 Å². The Hall–Kier alpha value is -2.60. The van der Waals surface area contributed by atoms with Crippen molar-refractivity contribution in [2.75, 3.05) is 5.43 Å². The molecule has 3 aromatic rings. The number of nitrogens with one attached hydrogen (secondary N) is 1. The van der Waals surface area contributed by atoms with Crippen LogP contribution in [0.25, 0.3) is 10.9 Å². The molecule has 0 aliphatic rings. The third kappa shape index (κ3) is 3.01. The first-order valence-electron chi connectivity index (χ1n) is 6.50. The van der Waals surface area contributed by atoms with Crippen molar-refractivity contribution in [3.8, 4) is 11.5 Å². The van der Waals surface area contributed by atoms with Gasteiger partial charge < -0.3 is 10.2 Å². The Balaban J connectivity index is 1.80. The third-order valence-electron chi connectivity index (χ3n) is 3.08. The highest BCUT2D eigenvalue weighted by Gasteiger charge is 2.04. The minimum Gasteiger partial charge on any atom is -0.507 e. The zero-order valence-electron chi connectivity index (χ0n) is 11.4. The summed E-state index contributed by atoms with van der Waals surface area (Å²) >= 11 is 3.19. The van der Waals surface area contributed by atoms with Crippen LogP contribution in [0.15, 0.2) is 58.1 Å². The van der Waals surface area contributed by atoms with E-state index in [1.165, 1.54) is 12.3 Å². The highest BCUT2D eigenvalue weighted by molar-refractivity contribution is 9.10. The van der Waals surface area contributed by atoms with Gasteiger partial charge in [-0.3, -0.25) is 5.43 Å². The summed E-state index contributed by atoms with van der Waals surface area (Å²) in [5.41, 5.74) is 4.16. The summed E-state index contributed by atoms with van der Waals surface area (Å²) < 4.78 is 0.482. The van der Waals surface area contributed by atoms with Crippen molar-refractivity contribution in [3.63, 3.8) is 0 Å². The Morgan fingerprint density at radius 3 is 2.73 bits per heavy atom. The fraction of sp³-hybridized carbons (Fsp3) is 0. The van der Waals surface area contributed by atoms with Gasteiger partial charge >= 0.3 is 0 Å². The number of anilines is 1. The number of aromatic hydroxyl groups is 2. The molecule has 0 bridgehead atoms. The van der Waals surface area contributed by atoms with E-state index in [9.17, 15) is 10.2 Å². The molecule has 1 aromatic heterocycles. The fourth-order valence-corrected chi connectivity index (χ4v) is 2.33. The molecule has 0 aliphatic carbocycles. The lowest BCUT2D eigenvalue weighted by Gasteiger charge is -2.03. The highest BCUT2D eigenvalue weighted by atomic mass is 79.9. The predicted molar refractivity (Wildman–Crippen MR) is 90.4 cm³/mol. The average Bonchev–Trinajstić information content (AvgIpc) is 2.52. The van der Waals surface area contributed by atoms with Crippen LogP contribution in [-0.4, -0.2) is 21.4 Å². The number of halogens is 1. The lowest BCUT2D eigenvalue weighted by molar-refractivity contribution is 0.448. The number of hydrogen-bond acceptors (Lipinski definition) is 5. The molecule has 0 amide bonds. The van der Waals surface area contributed by atoms with Gasteiger partial charge in [0.15, 0.2) is 0 Å². The number of fused-ring (bicyclic) bond motifs is 1. The first-order chi connectivity index (χ1) is 10.6. The van der Waals surface area contributed by atoms with Gasteiger partial charge in [0.1, 0.15) is 17.3 Å². The standard InChI is InChI=1S/C16H12BrN3O2/c17-12-7-11(14(21)8-15(12)22)9-18-20-16-6-5-10-3-1-2-4-13(10)19-16/h1-9,21-22H,(H,19,20)/b18-9+. The summed E-state index contributed by atoms with van der Waals surface area (Å²) in [4.78, 5) is 4.42. The molecule has 0 unspecified atom stereocenters. The molecular formula is C16H12BrN3O2. The number of benzene rings is 2. The maximum atomic E-state index is 9.74. The van der Waals surface area contributed by atoms with Crippen molar-refractivity contribution in [3.05, 3.63) is 58.6 Å². The Morgan fingerprint density at radius 1 is 1.05 bits per heavy atom. The van der Waals surface area contributed by atoms with Crippen LogP contribution in [0.5, 0.6) is 11.5 Å². The normalized spacial score (nSPS) is 11.1. The molecule has 110 valence electrons. The maximum absolute atomic E-state index is 9.74. The maximum Gasteiger partial charge on any atom is 0.146 e. The van der Waals surface area contributed by atoms with Gasteiger partial charge in [0.2, 0.25) is 0 Å². The van der Waals surface area contributed by atoms with Gasteiger partial charge in [-0.2, -0.15) is 5.10 Å². The lowest BCUT2D eigenvalue weighted by atomic mass is 10.2. The highest BCUT2D eigenvalue weighted by Crippen LogP contribution is 2.30. The quantitative estimate of drug-likeness (QED) is 0.491. The third-order valence-corrected chi connectivity index (χ3v) is 3.71. The van der Waals surface area contributed by atoms with Crippen molar-refractivity contribution in [1.29, 1.82) is 0 Å². The minimum atomic E-state index is -0.0577. The van der Waals surface area contributed by atoms with E-state index in [1.807, 2.05) is 36.4 Å². The van der Waals surface area contributed by atoms with Crippen molar-refractivity contribution in [2.45, 2.75) is 0 Å². The second-order valence-electron chi connectivity index (χ2n) is 4.62. The molecule has 3 rings (SSSR count). The molecule has 0 atom stereocenters. The molecule has 0 spiro atoms. The molecule has 6 heteroatoms. The van der Waals surface area contributed by atoms with Gasteiger partial charge in [-0.15, -0.1) is 0 Å². The van der Waals surface area contributed by atoms with E-state index < -0.39 is 0 Å². The number of pyridine rings is 1. The van der Waals surface area contributed by atoms with Crippen molar-refractivity contribution in [2.24, 2.45) is 5.10 Å². The van der Waals surface area contributed by atoms with E-state index >= 15 is 0 Å². The van der Waals surface area contributed by atoms with E-state index in [1.54, 1.807) is 6.07 Å². The number of hydrazone groups is 1. The number of para-hydroxylation sites is 1. The Bertz CT molecular complexity index is 865. The Labute approximate surface area is 135 Å². The summed E-state index contributed by atoms with van der Waals surface area (Å²) in [6.45, 7) is 0.